The highest BCUT2D eigenvalue weighted by molar-refractivity contribution is 14.1. The highest BCUT2D eigenvalue weighted by atomic mass is 127. The first kappa shape index (κ1) is 66.3. The van der Waals surface area contributed by atoms with Crippen LogP contribution in [0.3, 0.4) is 0 Å². The maximum Gasteiger partial charge on any atom is 0.495 e. The van der Waals surface area contributed by atoms with E-state index in [1.165, 1.54) is 63.2 Å². The summed E-state index contributed by atoms with van der Waals surface area (Å²) in [6.45, 7) is 24.5. The Morgan fingerprint density at radius 3 is 1.02 bits per heavy atom. The van der Waals surface area contributed by atoms with Crippen LogP contribution in [-0.4, -0.2) is 54.7 Å². The minimum atomic E-state index is -0.476. The van der Waals surface area contributed by atoms with Crippen LogP contribution in [0, 0.1) is 3.57 Å². The van der Waals surface area contributed by atoms with Gasteiger partial charge in [-0.25, -0.2) is 0 Å². The first-order valence-corrected chi connectivity index (χ1v) is 35.0. The third kappa shape index (κ3) is 12.6. The molecule has 17 rings (SSSR count). The molecule has 0 N–H and O–H groups in total. The molecule has 0 spiro atoms. The number of furan rings is 3. The van der Waals surface area contributed by atoms with Crippen molar-refractivity contribution in [2.75, 3.05) is 0 Å². The lowest BCUT2D eigenvalue weighted by Crippen LogP contribution is -2.41. The zero-order valence-electron chi connectivity index (χ0n) is 54.6. The van der Waals surface area contributed by atoms with Crippen LogP contribution in [0.4, 0.5) is 0 Å². The average Bonchev–Trinajstić information content (AvgIpc) is 1.57. The van der Waals surface area contributed by atoms with Crippen molar-refractivity contribution in [2.24, 2.45) is 0 Å². The Bertz CT molecular complexity index is 5050. The van der Waals surface area contributed by atoms with E-state index in [0.29, 0.717) is 0 Å². The lowest BCUT2D eigenvalue weighted by atomic mass is 9.49. The van der Waals surface area contributed by atoms with Gasteiger partial charge in [-0.05, 0) is 227 Å². The molecular weight excluding hydrogens is 1480 g/mol. The maximum absolute atomic E-state index is 6.32. The fraction of sp³-hybridized carbons (Fsp3) is 0.231. The highest BCUT2D eigenvalue weighted by Crippen LogP contribution is 2.45. The van der Waals surface area contributed by atoms with Crippen LogP contribution in [0.5, 0.6) is 0 Å². The smallest absolute Gasteiger partial charge is 0.456 e. The number of rotatable bonds is 3. The van der Waals surface area contributed by atoms with E-state index in [0.717, 1.165) is 68.5 Å². The van der Waals surface area contributed by atoms with Gasteiger partial charge in [0.05, 0.1) is 33.6 Å². The Morgan fingerprint density at radius 2 is 0.606 bits per heavy atom. The van der Waals surface area contributed by atoms with Gasteiger partial charge in [-0.3, -0.25) is 0 Å². The van der Waals surface area contributed by atoms with Crippen LogP contribution in [0.2, 0.25) is 0 Å². The fourth-order valence-corrected chi connectivity index (χ4v) is 13.7. The predicted octanol–water partition coefficient (Wildman–Crippen LogP) is 23.0. The van der Waals surface area contributed by atoms with Crippen molar-refractivity contribution < 1.29 is 41.2 Å². The van der Waals surface area contributed by atoms with Crippen molar-refractivity contribution in [2.45, 2.75) is 117 Å². The van der Waals surface area contributed by atoms with Gasteiger partial charge in [-0.2, -0.15) is 0 Å². The summed E-state index contributed by atoms with van der Waals surface area (Å²) >= 11 is 12.7. The Morgan fingerprint density at radius 1 is 0.298 bits per heavy atom. The van der Waals surface area contributed by atoms with Crippen molar-refractivity contribution >= 4 is 195 Å². The lowest BCUT2D eigenvalue weighted by molar-refractivity contribution is 0.00578. The minimum Gasteiger partial charge on any atom is -0.456 e. The molecule has 6 heterocycles. The zero-order valence-corrected chi connectivity index (χ0v) is 61.5. The maximum atomic E-state index is 6.32. The summed E-state index contributed by atoms with van der Waals surface area (Å²) < 4.78 is 59.3. The lowest BCUT2D eigenvalue weighted by Gasteiger charge is -2.32. The number of halogens is 4. The largest absolute Gasteiger partial charge is 0.495 e. The topological polar surface area (TPSA) is 94.8 Å². The molecule has 16 heteroatoms. The minimum absolute atomic E-state index is 0.360. The van der Waals surface area contributed by atoms with Gasteiger partial charge < -0.3 is 41.2 Å². The van der Waals surface area contributed by atoms with Crippen LogP contribution in [0.1, 0.15) is 83.1 Å². The van der Waals surface area contributed by atoms with Crippen LogP contribution < -0.4 is 5.46 Å². The van der Waals surface area contributed by atoms with Crippen molar-refractivity contribution in [1.29, 1.82) is 0 Å². The molecule has 11 aromatic carbocycles. The molecule has 0 amide bonds. The van der Waals surface area contributed by atoms with Gasteiger partial charge in [0.15, 0.2) is 0 Å². The predicted molar refractivity (Wildman–Crippen MR) is 409 cm³/mol. The normalized spacial score (nSPS) is 17.3. The van der Waals surface area contributed by atoms with Gasteiger partial charge in [-0.1, -0.05) is 187 Å². The molecule has 0 radical (unpaired) electrons. The first-order chi connectivity index (χ1) is 44.7. The number of hydrogen-bond acceptors (Lipinski definition) is 9. The van der Waals surface area contributed by atoms with Crippen molar-refractivity contribution in [3.63, 3.8) is 0 Å². The van der Waals surface area contributed by atoms with Gasteiger partial charge in [0, 0.05) is 49.3 Å². The molecule has 0 atom stereocenters. The van der Waals surface area contributed by atoms with Crippen LogP contribution in [-0.2, 0) is 27.9 Å². The van der Waals surface area contributed by atoms with Gasteiger partial charge >= 0.3 is 21.1 Å². The third-order valence-corrected chi connectivity index (χ3v) is 21.8. The molecule has 3 aliphatic heterocycles. The summed E-state index contributed by atoms with van der Waals surface area (Å²) in [5.41, 5.74) is 6.74. The van der Waals surface area contributed by atoms with Crippen molar-refractivity contribution in [3.8, 4) is 11.1 Å². The molecule has 0 unspecified atom stereocenters. The van der Waals surface area contributed by atoms with E-state index in [2.05, 4.69) is 250 Å². The van der Waals surface area contributed by atoms with E-state index in [4.69, 9.17) is 41.2 Å². The number of hydrogen-bond donors (Lipinski definition) is 0. The van der Waals surface area contributed by atoms with Crippen LogP contribution in [0.15, 0.2) is 239 Å². The summed E-state index contributed by atoms with van der Waals surface area (Å²) in [7, 11) is -1.37. The molecule has 14 aromatic rings. The third-order valence-electron chi connectivity index (χ3n) is 19.4. The summed E-state index contributed by atoms with van der Waals surface area (Å²) in [6.07, 6.45) is 0. The Hall–Kier alpha value is -6.28. The second kappa shape index (κ2) is 25.6. The summed E-state index contributed by atoms with van der Waals surface area (Å²) in [5, 5.41) is 14.3. The monoisotopic (exact) mass is 1550 g/mol. The highest BCUT2D eigenvalue weighted by Gasteiger charge is 2.64. The molecule has 0 aliphatic carbocycles. The molecule has 3 saturated heterocycles. The Balaban J connectivity index is 0.000000111. The SMILES string of the molecule is Brc1cc2oc3ccccc3c2c2ccccc12.Brc1ccc(-c2cc3oc4ccccc4c3c3ccccc23)cc1.Brc1ccc(I)cc1.CC1(C)OB(B2OC(C)(C)C(C)(C)O2)OC1(C)C.CC1(C)OB(c2cc3oc4ccccc4c3c3ccccc23)OC1(C)C. The van der Waals surface area contributed by atoms with E-state index in [1.807, 2.05) is 116 Å². The summed E-state index contributed by atoms with van der Waals surface area (Å²) in [5.74, 6) is 0. The molecular formula is C78H71B3Br3IO9. The van der Waals surface area contributed by atoms with Crippen LogP contribution >= 0.6 is 70.4 Å². The quantitative estimate of drug-likeness (QED) is 0.127. The Kier molecular flexibility index (Phi) is 18.1. The van der Waals surface area contributed by atoms with E-state index in [-0.39, 0.29) is 33.6 Å². The molecule has 3 aromatic heterocycles. The molecule has 94 heavy (non-hydrogen) atoms. The van der Waals surface area contributed by atoms with E-state index in [9.17, 15) is 0 Å². The van der Waals surface area contributed by atoms with Crippen molar-refractivity contribution in [3.05, 3.63) is 229 Å². The molecule has 9 nitrogen and oxygen atoms in total. The molecule has 0 saturated carbocycles. The van der Waals surface area contributed by atoms with Crippen LogP contribution in [0.25, 0.3) is 109 Å². The summed E-state index contributed by atoms with van der Waals surface area (Å²) in [6, 6.07) is 72.9. The summed E-state index contributed by atoms with van der Waals surface area (Å²) in [4.78, 5) is 0. The number of para-hydroxylation sites is 3. The van der Waals surface area contributed by atoms with E-state index >= 15 is 0 Å². The Labute approximate surface area is 588 Å². The first-order valence-electron chi connectivity index (χ1n) is 31.6. The fourth-order valence-electron chi connectivity index (χ4n) is 12.2. The van der Waals surface area contributed by atoms with E-state index in [1.54, 1.807) is 0 Å². The zero-order chi connectivity index (χ0) is 66.3. The van der Waals surface area contributed by atoms with Crippen molar-refractivity contribution in [1.82, 2.24) is 0 Å². The molecule has 474 valence electrons. The van der Waals surface area contributed by atoms with Gasteiger partial charge in [0.25, 0.3) is 0 Å². The molecule has 3 aliphatic rings. The van der Waals surface area contributed by atoms with Gasteiger partial charge in [0.2, 0.25) is 0 Å². The second-order valence-electron chi connectivity index (χ2n) is 27.1. The van der Waals surface area contributed by atoms with E-state index < -0.39 is 21.1 Å². The molecule has 0 bridgehead atoms. The van der Waals surface area contributed by atoms with Gasteiger partial charge in [0.1, 0.15) is 33.5 Å². The van der Waals surface area contributed by atoms with Gasteiger partial charge in [-0.15, -0.1) is 0 Å². The molecule has 3 fully saturated rings. The standard InChI is InChI=1S/C22H21BO3.C22H13BrO.C16H9BrO.C12H24B2O4.C6H4BrI/c1-21(2)22(3,4)26-23(25-21)17-13-19-20(15-10-6-5-9-14(15)17)16-11-7-8-12-18(16)24-19;23-15-11-9-14(10-12-15)19-13-21-22(17-6-2-1-5-16(17)19)18-7-3-4-8-20(18)24-21;17-13-9-15-16(11-6-2-1-5-10(11)13)12-7-3-4-8-14(12)18-15;1-9(2)10(3,4)16-13(15-9)14-17-11(5,6)12(7,8)18-14;7-5-1-3-6(8)4-2-5/h5-13H,1-4H3;1-13H;1-9H;1-8H3;1-4H. The number of fused-ring (bicyclic) bond motifs is 15. The second-order valence-corrected chi connectivity index (χ2v) is 31.0. The number of benzene rings is 11. The average molecular weight is 1550 g/mol.